The van der Waals surface area contributed by atoms with Crippen LogP contribution in [-0.2, 0) is 0 Å². The third kappa shape index (κ3) is 2.97. The zero-order valence-electron chi connectivity index (χ0n) is 11.2. The van der Waals surface area contributed by atoms with Crippen molar-refractivity contribution in [3.05, 3.63) is 58.1 Å². The lowest BCUT2D eigenvalue weighted by molar-refractivity contribution is 0.103. The minimum atomic E-state index is -0.899. The quantitative estimate of drug-likeness (QED) is 0.635. The molecule has 0 heterocycles. The minimum Gasteiger partial charge on any atom is -0.497 e. The van der Waals surface area contributed by atoms with Crippen molar-refractivity contribution in [2.24, 2.45) is 0 Å². The molecule has 0 bridgehead atoms. The van der Waals surface area contributed by atoms with Crippen LogP contribution in [0.25, 0.3) is 0 Å². The van der Waals surface area contributed by atoms with Gasteiger partial charge in [0.25, 0.3) is 0 Å². The number of methoxy groups -OCH3 is 2. The van der Waals surface area contributed by atoms with Gasteiger partial charge in [0.05, 0.1) is 30.4 Å². The summed E-state index contributed by atoms with van der Waals surface area (Å²) in [7, 11) is 2.83. The SMILES string of the molecule is COc1ccc(C(=O)c2cc(F)c(Cl)cc2F)c(OC)c1. The number of ether oxygens (including phenoxy) is 2. The van der Waals surface area contributed by atoms with Gasteiger partial charge in [-0.3, -0.25) is 4.79 Å². The van der Waals surface area contributed by atoms with Crippen LogP contribution in [0.3, 0.4) is 0 Å². The van der Waals surface area contributed by atoms with E-state index in [4.69, 9.17) is 21.1 Å². The van der Waals surface area contributed by atoms with Crippen molar-refractivity contribution in [1.82, 2.24) is 0 Å². The van der Waals surface area contributed by atoms with Gasteiger partial charge in [-0.25, -0.2) is 8.78 Å². The monoisotopic (exact) mass is 312 g/mol. The predicted octanol–water partition coefficient (Wildman–Crippen LogP) is 3.87. The van der Waals surface area contributed by atoms with E-state index in [1.807, 2.05) is 0 Å². The first-order chi connectivity index (χ1) is 9.97. The van der Waals surface area contributed by atoms with Gasteiger partial charge in [0.1, 0.15) is 23.1 Å². The predicted molar refractivity (Wildman–Crippen MR) is 74.3 cm³/mol. The molecule has 0 atom stereocenters. The van der Waals surface area contributed by atoms with E-state index >= 15 is 0 Å². The van der Waals surface area contributed by atoms with E-state index in [0.29, 0.717) is 5.75 Å². The summed E-state index contributed by atoms with van der Waals surface area (Å²) >= 11 is 5.47. The maximum Gasteiger partial charge on any atom is 0.199 e. The van der Waals surface area contributed by atoms with Gasteiger partial charge < -0.3 is 9.47 Å². The lowest BCUT2D eigenvalue weighted by Gasteiger charge is -2.10. The Kier molecular flexibility index (Phi) is 4.43. The van der Waals surface area contributed by atoms with E-state index in [1.54, 1.807) is 0 Å². The molecule has 0 saturated heterocycles. The molecule has 0 spiro atoms. The first kappa shape index (κ1) is 15.3. The first-order valence-corrected chi connectivity index (χ1v) is 6.27. The summed E-state index contributed by atoms with van der Waals surface area (Å²) in [6.07, 6.45) is 0. The van der Waals surface area contributed by atoms with Crippen molar-refractivity contribution in [3.8, 4) is 11.5 Å². The van der Waals surface area contributed by atoms with Crippen LogP contribution >= 0.6 is 11.6 Å². The summed E-state index contributed by atoms with van der Waals surface area (Å²) in [6.45, 7) is 0. The maximum atomic E-state index is 13.8. The van der Waals surface area contributed by atoms with Crippen LogP contribution in [-0.4, -0.2) is 20.0 Å². The summed E-state index contributed by atoms with van der Waals surface area (Å²) < 4.78 is 37.3. The van der Waals surface area contributed by atoms with Crippen molar-refractivity contribution < 1.29 is 23.0 Å². The molecule has 3 nitrogen and oxygen atoms in total. The number of halogens is 3. The van der Waals surface area contributed by atoms with Gasteiger partial charge in [0, 0.05) is 6.07 Å². The van der Waals surface area contributed by atoms with Crippen molar-refractivity contribution in [1.29, 1.82) is 0 Å². The largest absolute Gasteiger partial charge is 0.497 e. The Labute approximate surface area is 125 Å². The zero-order valence-corrected chi connectivity index (χ0v) is 12.0. The van der Waals surface area contributed by atoms with E-state index in [0.717, 1.165) is 12.1 Å². The second kappa shape index (κ2) is 6.10. The summed E-state index contributed by atoms with van der Waals surface area (Å²) in [5.74, 6) is -1.79. The average Bonchev–Trinajstić information content (AvgIpc) is 2.49. The van der Waals surface area contributed by atoms with Crippen molar-refractivity contribution in [2.75, 3.05) is 14.2 Å². The second-order valence-corrected chi connectivity index (χ2v) is 4.55. The molecule has 0 aliphatic carbocycles. The van der Waals surface area contributed by atoms with Crippen LogP contribution in [0.1, 0.15) is 15.9 Å². The Morgan fingerprint density at radius 3 is 2.33 bits per heavy atom. The van der Waals surface area contributed by atoms with Gasteiger partial charge in [-0.2, -0.15) is 0 Å². The van der Waals surface area contributed by atoms with Crippen LogP contribution in [0, 0.1) is 11.6 Å². The molecule has 0 radical (unpaired) electrons. The fourth-order valence-electron chi connectivity index (χ4n) is 1.83. The number of carbonyl (C=O) groups is 1. The Morgan fingerprint density at radius 1 is 1.00 bits per heavy atom. The summed E-state index contributed by atoms with van der Waals surface area (Å²) in [5.41, 5.74) is -0.320. The number of ketones is 1. The van der Waals surface area contributed by atoms with Gasteiger partial charge in [-0.1, -0.05) is 11.6 Å². The fraction of sp³-hybridized carbons (Fsp3) is 0.133. The standard InChI is InChI=1S/C15H11ClF2O3/c1-20-8-3-4-9(14(5-8)21-2)15(19)10-6-13(18)11(16)7-12(10)17/h3-7H,1-2H3. The van der Waals surface area contributed by atoms with E-state index in [9.17, 15) is 13.6 Å². The Balaban J connectivity index is 2.52. The van der Waals surface area contributed by atoms with Crippen LogP contribution in [0.5, 0.6) is 11.5 Å². The molecule has 0 aromatic heterocycles. The lowest BCUT2D eigenvalue weighted by Crippen LogP contribution is -2.07. The normalized spacial score (nSPS) is 10.3. The summed E-state index contributed by atoms with van der Waals surface area (Å²) in [5, 5.41) is -0.384. The van der Waals surface area contributed by atoms with Crippen LogP contribution in [0.15, 0.2) is 30.3 Å². The molecular weight excluding hydrogens is 302 g/mol. The van der Waals surface area contributed by atoms with Gasteiger partial charge in [-0.05, 0) is 24.3 Å². The molecule has 2 aromatic rings. The van der Waals surface area contributed by atoms with Gasteiger partial charge in [0.15, 0.2) is 5.78 Å². The zero-order chi connectivity index (χ0) is 15.6. The van der Waals surface area contributed by atoms with Gasteiger partial charge >= 0.3 is 0 Å². The molecule has 6 heteroatoms. The number of rotatable bonds is 4. The second-order valence-electron chi connectivity index (χ2n) is 4.14. The molecule has 0 saturated carbocycles. The maximum absolute atomic E-state index is 13.8. The first-order valence-electron chi connectivity index (χ1n) is 5.89. The third-order valence-corrected chi connectivity index (χ3v) is 3.20. The summed E-state index contributed by atoms with van der Waals surface area (Å²) in [4.78, 5) is 12.3. The highest BCUT2D eigenvalue weighted by Gasteiger charge is 2.20. The Hall–Kier alpha value is -2.14. The Morgan fingerprint density at radius 2 is 1.71 bits per heavy atom. The minimum absolute atomic E-state index is 0.0962. The third-order valence-electron chi connectivity index (χ3n) is 2.91. The van der Waals surface area contributed by atoms with Gasteiger partial charge in [-0.15, -0.1) is 0 Å². The van der Waals surface area contributed by atoms with E-state index in [1.165, 1.54) is 32.4 Å². The molecule has 0 fully saturated rings. The molecular formula is C15H11ClF2O3. The molecule has 21 heavy (non-hydrogen) atoms. The van der Waals surface area contributed by atoms with Crippen molar-refractivity contribution in [2.45, 2.75) is 0 Å². The number of hydrogen-bond acceptors (Lipinski definition) is 3. The highest BCUT2D eigenvalue weighted by molar-refractivity contribution is 6.31. The van der Waals surface area contributed by atoms with Crippen LogP contribution in [0.2, 0.25) is 5.02 Å². The molecule has 0 N–H and O–H groups in total. The average molecular weight is 313 g/mol. The van der Waals surface area contributed by atoms with Gasteiger partial charge in [0.2, 0.25) is 0 Å². The number of benzene rings is 2. The van der Waals surface area contributed by atoms with Crippen LogP contribution in [0.4, 0.5) is 8.78 Å². The molecule has 0 unspecified atom stereocenters. The highest BCUT2D eigenvalue weighted by atomic mass is 35.5. The van der Waals surface area contributed by atoms with E-state index in [-0.39, 0.29) is 16.3 Å². The highest BCUT2D eigenvalue weighted by Crippen LogP contribution is 2.28. The van der Waals surface area contributed by atoms with E-state index in [2.05, 4.69) is 0 Å². The van der Waals surface area contributed by atoms with E-state index < -0.39 is 23.0 Å². The Bertz CT molecular complexity index is 702. The topological polar surface area (TPSA) is 35.5 Å². The number of carbonyl (C=O) groups excluding carboxylic acids is 1. The summed E-state index contributed by atoms with van der Waals surface area (Å²) in [6, 6.07) is 5.97. The lowest BCUT2D eigenvalue weighted by atomic mass is 10.0. The molecule has 110 valence electrons. The van der Waals surface area contributed by atoms with Crippen molar-refractivity contribution >= 4 is 17.4 Å². The number of hydrogen-bond donors (Lipinski definition) is 0. The smallest absolute Gasteiger partial charge is 0.199 e. The van der Waals surface area contributed by atoms with Crippen LogP contribution < -0.4 is 9.47 Å². The molecule has 0 amide bonds. The van der Waals surface area contributed by atoms with Crippen molar-refractivity contribution in [3.63, 3.8) is 0 Å². The molecule has 0 aliphatic heterocycles. The molecule has 2 rings (SSSR count). The molecule has 0 aliphatic rings. The fourth-order valence-corrected chi connectivity index (χ4v) is 1.98. The molecule has 2 aromatic carbocycles.